The largest absolute Gasteiger partial charge is 0.383 e. The van der Waals surface area contributed by atoms with Gasteiger partial charge in [-0.3, -0.25) is 10.1 Å². The third kappa shape index (κ3) is 3.91. The first-order valence-electron chi connectivity index (χ1n) is 9.08. The van der Waals surface area contributed by atoms with Crippen LogP contribution < -0.4 is 0 Å². The second kappa shape index (κ2) is 8.34. The van der Waals surface area contributed by atoms with E-state index in [1.54, 1.807) is 0 Å². The van der Waals surface area contributed by atoms with Crippen LogP contribution in [0.5, 0.6) is 0 Å². The molecule has 8 nitrogen and oxygen atoms in total. The topological polar surface area (TPSA) is 100 Å². The van der Waals surface area contributed by atoms with Gasteiger partial charge in [0.2, 0.25) is 6.29 Å². The summed E-state index contributed by atoms with van der Waals surface area (Å²) < 4.78 is 22.9. The van der Waals surface area contributed by atoms with Gasteiger partial charge in [-0.05, 0) is 5.56 Å². The molecular formula is C20H21NO7. The summed E-state index contributed by atoms with van der Waals surface area (Å²) in [5, 5.41) is 22.3. The van der Waals surface area contributed by atoms with E-state index in [1.807, 2.05) is 60.7 Å². The van der Waals surface area contributed by atoms with E-state index in [0.717, 1.165) is 11.1 Å². The highest BCUT2D eigenvalue weighted by molar-refractivity contribution is 5.17. The van der Waals surface area contributed by atoms with Gasteiger partial charge in [0.1, 0.15) is 12.2 Å². The van der Waals surface area contributed by atoms with Crippen LogP contribution in [0.2, 0.25) is 0 Å². The number of hydrogen-bond acceptors (Lipinski definition) is 7. The SMILES string of the molecule is O=[N+]([O-])[C@H]1[C@@H](OCc2ccccc2)O[C@@H]2CO[C@@H](c3ccccc3)O[C@H]2[C@@H]1O. The molecule has 2 fully saturated rings. The molecule has 148 valence electrons. The van der Waals surface area contributed by atoms with E-state index in [4.69, 9.17) is 18.9 Å². The van der Waals surface area contributed by atoms with Gasteiger partial charge >= 0.3 is 0 Å². The zero-order chi connectivity index (χ0) is 19.5. The Morgan fingerprint density at radius 1 is 1.07 bits per heavy atom. The number of benzene rings is 2. The van der Waals surface area contributed by atoms with E-state index in [2.05, 4.69) is 0 Å². The molecule has 0 unspecified atom stereocenters. The number of fused-ring (bicyclic) bond motifs is 1. The van der Waals surface area contributed by atoms with Gasteiger partial charge in [-0.1, -0.05) is 60.7 Å². The van der Waals surface area contributed by atoms with Gasteiger partial charge in [0.25, 0.3) is 6.04 Å². The molecular weight excluding hydrogens is 366 g/mol. The predicted octanol–water partition coefficient (Wildman–Crippen LogP) is 2.05. The molecule has 0 bridgehead atoms. The molecule has 2 saturated heterocycles. The van der Waals surface area contributed by atoms with Gasteiger partial charge in [0.05, 0.1) is 13.2 Å². The van der Waals surface area contributed by atoms with Crippen molar-refractivity contribution in [2.45, 2.75) is 43.5 Å². The van der Waals surface area contributed by atoms with Crippen LogP contribution in [0, 0.1) is 10.1 Å². The van der Waals surface area contributed by atoms with Crippen molar-refractivity contribution in [1.29, 1.82) is 0 Å². The second-order valence-electron chi connectivity index (χ2n) is 6.78. The monoisotopic (exact) mass is 387 g/mol. The molecule has 0 spiro atoms. The fraction of sp³-hybridized carbons (Fsp3) is 0.400. The number of rotatable bonds is 5. The molecule has 4 rings (SSSR count). The smallest absolute Gasteiger partial charge is 0.291 e. The maximum Gasteiger partial charge on any atom is 0.291 e. The van der Waals surface area contributed by atoms with Gasteiger partial charge in [-0.25, -0.2) is 0 Å². The first-order valence-corrected chi connectivity index (χ1v) is 9.08. The van der Waals surface area contributed by atoms with Crippen molar-refractivity contribution in [2.24, 2.45) is 0 Å². The Bertz CT molecular complexity index is 788. The quantitative estimate of drug-likeness (QED) is 0.619. The highest BCUT2D eigenvalue weighted by atomic mass is 16.8. The molecule has 28 heavy (non-hydrogen) atoms. The molecule has 8 heteroatoms. The lowest BCUT2D eigenvalue weighted by Gasteiger charge is -2.44. The molecule has 0 aromatic heterocycles. The Hall–Kier alpha value is -2.36. The molecule has 6 atom stereocenters. The predicted molar refractivity (Wildman–Crippen MR) is 96.7 cm³/mol. The van der Waals surface area contributed by atoms with Crippen LogP contribution >= 0.6 is 0 Å². The first kappa shape index (κ1) is 19.0. The van der Waals surface area contributed by atoms with E-state index >= 15 is 0 Å². The van der Waals surface area contributed by atoms with Crippen LogP contribution in [0.3, 0.4) is 0 Å². The van der Waals surface area contributed by atoms with E-state index in [1.165, 1.54) is 0 Å². The zero-order valence-electron chi connectivity index (χ0n) is 15.0. The Morgan fingerprint density at radius 2 is 1.75 bits per heavy atom. The second-order valence-corrected chi connectivity index (χ2v) is 6.78. The van der Waals surface area contributed by atoms with Crippen LogP contribution in [0.15, 0.2) is 60.7 Å². The Labute approximate surface area is 161 Å². The summed E-state index contributed by atoms with van der Waals surface area (Å²) in [5.74, 6) is 0. The van der Waals surface area contributed by atoms with E-state index in [0.29, 0.717) is 0 Å². The van der Waals surface area contributed by atoms with Gasteiger partial charge in [-0.15, -0.1) is 0 Å². The van der Waals surface area contributed by atoms with Crippen molar-refractivity contribution in [1.82, 2.24) is 0 Å². The minimum absolute atomic E-state index is 0.133. The van der Waals surface area contributed by atoms with Crippen molar-refractivity contribution in [2.75, 3.05) is 6.61 Å². The summed E-state index contributed by atoms with van der Waals surface area (Å²) in [6.45, 7) is 0.269. The van der Waals surface area contributed by atoms with Crippen molar-refractivity contribution in [3.8, 4) is 0 Å². The Morgan fingerprint density at radius 3 is 2.43 bits per heavy atom. The Kier molecular flexibility index (Phi) is 5.65. The van der Waals surface area contributed by atoms with Crippen LogP contribution in [0.4, 0.5) is 0 Å². The number of nitrogens with zero attached hydrogens (tertiary/aromatic N) is 1. The molecule has 2 aromatic carbocycles. The Balaban J connectivity index is 1.47. The third-order valence-electron chi connectivity index (χ3n) is 4.91. The van der Waals surface area contributed by atoms with Crippen LogP contribution in [-0.4, -0.2) is 47.3 Å². The highest BCUT2D eigenvalue weighted by Gasteiger charge is 2.55. The molecule has 2 aliphatic heterocycles. The fourth-order valence-electron chi connectivity index (χ4n) is 3.47. The summed E-state index contributed by atoms with van der Waals surface area (Å²) in [4.78, 5) is 11.0. The molecule has 0 aliphatic carbocycles. The average Bonchev–Trinajstić information content (AvgIpc) is 2.73. The van der Waals surface area contributed by atoms with Gasteiger partial charge < -0.3 is 24.1 Å². The van der Waals surface area contributed by atoms with Crippen LogP contribution in [-0.2, 0) is 25.6 Å². The standard InChI is InChI=1S/C20H21NO7/c22-17-16(21(23)24)20(25-11-13-7-3-1-4-8-13)27-15-12-26-19(28-18(15)17)14-9-5-2-6-10-14/h1-10,15-20,22H,11-12H2/t15-,16-,17-,18-,19-,20+/m1/s1. The molecule has 0 amide bonds. The molecule has 1 N–H and O–H groups in total. The summed E-state index contributed by atoms with van der Waals surface area (Å²) in [7, 11) is 0. The number of aliphatic hydroxyl groups excluding tert-OH is 1. The van der Waals surface area contributed by atoms with Crippen molar-refractivity contribution in [3.05, 3.63) is 81.9 Å². The molecule has 2 aromatic rings. The lowest BCUT2D eigenvalue weighted by Crippen LogP contribution is -2.64. The summed E-state index contributed by atoms with van der Waals surface area (Å²) in [5.41, 5.74) is 1.62. The summed E-state index contributed by atoms with van der Waals surface area (Å²) in [6, 6.07) is 17.0. The normalized spacial score (nSPS) is 32.5. The fourth-order valence-corrected chi connectivity index (χ4v) is 3.47. The third-order valence-corrected chi connectivity index (χ3v) is 4.91. The van der Waals surface area contributed by atoms with Gasteiger partial charge in [0.15, 0.2) is 12.4 Å². The maximum absolute atomic E-state index is 11.6. The van der Waals surface area contributed by atoms with E-state index in [9.17, 15) is 15.2 Å². The number of aliphatic hydroxyl groups is 1. The van der Waals surface area contributed by atoms with Crippen LogP contribution in [0.25, 0.3) is 0 Å². The van der Waals surface area contributed by atoms with E-state index in [-0.39, 0.29) is 13.2 Å². The molecule has 2 heterocycles. The summed E-state index contributed by atoms with van der Waals surface area (Å²) in [6.07, 6.45) is -4.84. The minimum Gasteiger partial charge on any atom is -0.383 e. The van der Waals surface area contributed by atoms with Crippen molar-refractivity contribution in [3.63, 3.8) is 0 Å². The van der Waals surface area contributed by atoms with Crippen molar-refractivity contribution < 1.29 is 29.0 Å². The lowest BCUT2D eigenvalue weighted by atomic mass is 9.96. The molecule has 0 radical (unpaired) electrons. The van der Waals surface area contributed by atoms with Gasteiger partial charge in [-0.2, -0.15) is 0 Å². The van der Waals surface area contributed by atoms with E-state index < -0.39 is 41.9 Å². The maximum atomic E-state index is 11.6. The highest BCUT2D eigenvalue weighted by Crippen LogP contribution is 2.35. The van der Waals surface area contributed by atoms with Crippen LogP contribution in [0.1, 0.15) is 17.4 Å². The van der Waals surface area contributed by atoms with Crippen molar-refractivity contribution >= 4 is 0 Å². The summed E-state index contributed by atoms with van der Waals surface area (Å²) >= 11 is 0. The first-order chi connectivity index (χ1) is 13.6. The number of nitro groups is 1. The lowest BCUT2D eigenvalue weighted by molar-refractivity contribution is -0.579. The number of hydrogen-bond donors (Lipinski definition) is 1. The number of ether oxygens (including phenoxy) is 4. The molecule has 2 aliphatic rings. The zero-order valence-corrected chi connectivity index (χ0v) is 15.0. The molecule has 0 saturated carbocycles. The minimum atomic E-state index is -1.46. The average molecular weight is 387 g/mol. The van der Waals surface area contributed by atoms with Gasteiger partial charge in [0, 0.05) is 10.5 Å².